The highest BCUT2D eigenvalue weighted by atomic mass is 16.3. The van der Waals surface area contributed by atoms with Crippen molar-refractivity contribution < 1.29 is 14.7 Å². The number of hydrogen-bond donors (Lipinski definition) is 1. The molecule has 1 aliphatic rings. The van der Waals surface area contributed by atoms with Gasteiger partial charge in [0, 0.05) is 44.8 Å². The number of para-hydroxylation sites is 1. The van der Waals surface area contributed by atoms with Crippen LogP contribution in [0.15, 0.2) is 30.3 Å². The first kappa shape index (κ1) is 14.5. The van der Waals surface area contributed by atoms with Gasteiger partial charge in [0.25, 0.3) is 0 Å². The Balaban J connectivity index is 1.97. The van der Waals surface area contributed by atoms with Gasteiger partial charge in [-0.2, -0.15) is 0 Å². The number of likely N-dealkylation sites (tertiary alicyclic amines) is 1. The highest BCUT2D eigenvalue weighted by Gasteiger charge is 2.28. The molecule has 5 nitrogen and oxygen atoms in total. The summed E-state index contributed by atoms with van der Waals surface area (Å²) in [6.07, 6.45) is 1.33. The minimum Gasteiger partial charge on any atom is -0.396 e. The molecule has 1 aliphatic heterocycles. The van der Waals surface area contributed by atoms with Crippen molar-refractivity contribution in [1.29, 1.82) is 0 Å². The molecule has 2 rings (SSSR count). The molecule has 1 heterocycles. The predicted octanol–water partition coefficient (Wildman–Crippen LogP) is 1.02. The van der Waals surface area contributed by atoms with Crippen molar-refractivity contribution in [1.82, 2.24) is 4.90 Å². The first-order valence-electron chi connectivity index (χ1n) is 6.96. The number of benzene rings is 1. The standard InChI is InChI=1S/C15H20N2O3/c18-12-4-9-16(13-5-2-1-3-6-13)10-11-17-14(19)7-8-15(17)20/h1-3,5-6,18H,4,7-12H2. The van der Waals surface area contributed by atoms with E-state index in [1.807, 2.05) is 30.3 Å². The Labute approximate surface area is 118 Å². The van der Waals surface area contributed by atoms with Gasteiger partial charge in [-0.05, 0) is 18.6 Å². The van der Waals surface area contributed by atoms with E-state index in [0.717, 1.165) is 5.69 Å². The number of rotatable bonds is 7. The van der Waals surface area contributed by atoms with Gasteiger partial charge in [0.05, 0.1) is 0 Å². The quantitative estimate of drug-likeness (QED) is 0.755. The number of hydrogen-bond acceptors (Lipinski definition) is 4. The molecule has 20 heavy (non-hydrogen) atoms. The first-order chi connectivity index (χ1) is 9.72. The van der Waals surface area contributed by atoms with E-state index in [4.69, 9.17) is 5.11 Å². The van der Waals surface area contributed by atoms with Gasteiger partial charge in [-0.3, -0.25) is 14.5 Å². The topological polar surface area (TPSA) is 60.9 Å². The summed E-state index contributed by atoms with van der Waals surface area (Å²) in [5, 5.41) is 8.98. The van der Waals surface area contributed by atoms with Gasteiger partial charge in [-0.15, -0.1) is 0 Å². The van der Waals surface area contributed by atoms with Crippen molar-refractivity contribution in [2.45, 2.75) is 19.3 Å². The largest absolute Gasteiger partial charge is 0.396 e. The van der Waals surface area contributed by atoms with Gasteiger partial charge < -0.3 is 10.0 Å². The first-order valence-corrected chi connectivity index (χ1v) is 6.96. The van der Waals surface area contributed by atoms with Crippen molar-refractivity contribution in [3.8, 4) is 0 Å². The second kappa shape index (κ2) is 7.05. The van der Waals surface area contributed by atoms with Crippen molar-refractivity contribution in [3.63, 3.8) is 0 Å². The third kappa shape index (κ3) is 3.57. The van der Waals surface area contributed by atoms with Crippen molar-refractivity contribution in [2.75, 3.05) is 31.1 Å². The predicted molar refractivity (Wildman–Crippen MR) is 76.3 cm³/mol. The number of aliphatic hydroxyl groups excluding tert-OH is 1. The fraction of sp³-hybridized carbons (Fsp3) is 0.467. The number of carbonyl (C=O) groups is 2. The van der Waals surface area contributed by atoms with Gasteiger partial charge >= 0.3 is 0 Å². The Morgan fingerprint density at radius 1 is 1.05 bits per heavy atom. The Bertz CT molecular complexity index is 445. The third-order valence-electron chi connectivity index (χ3n) is 3.46. The molecule has 5 heteroatoms. The third-order valence-corrected chi connectivity index (χ3v) is 3.46. The molecule has 0 bridgehead atoms. The lowest BCUT2D eigenvalue weighted by Gasteiger charge is -2.26. The van der Waals surface area contributed by atoms with Crippen LogP contribution < -0.4 is 4.90 Å². The zero-order chi connectivity index (χ0) is 14.4. The Morgan fingerprint density at radius 3 is 2.30 bits per heavy atom. The molecule has 0 aromatic heterocycles. The van der Waals surface area contributed by atoms with Crippen LogP contribution in [0.2, 0.25) is 0 Å². The summed E-state index contributed by atoms with van der Waals surface area (Å²) in [6.45, 7) is 1.85. The number of nitrogens with zero attached hydrogens (tertiary/aromatic N) is 2. The molecule has 0 radical (unpaired) electrons. The average Bonchev–Trinajstić information content (AvgIpc) is 2.79. The lowest BCUT2D eigenvalue weighted by Crippen LogP contribution is -2.38. The smallest absolute Gasteiger partial charge is 0.229 e. The molecule has 1 fully saturated rings. The number of anilines is 1. The fourth-order valence-corrected chi connectivity index (χ4v) is 2.36. The minimum atomic E-state index is -0.0785. The molecule has 2 amide bonds. The van der Waals surface area contributed by atoms with E-state index < -0.39 is 0 Å². The molecule has 1 aromatic carbocycles. The fourth-order valence-electron chi connectivity index (χ4n) is 2.36. The number of amides is 2. The number of aliphatic hydroxyl groups is 1. The van der Waals surface area contributed by atoms with Gasteiger partial charge in [0.15, 0.2) is 0 Å². The van der Waals surface area contributed by atoms with Gasteiger partial charge in [0.1, 0.15) is 0 Å². The molecule has 0 aliphatic carbocycles. The van der Waals surface area contributed by atoms with Crippen LogP contribution in [-0.2, 0) is 9.59 Å². The lowest BCUT2D eigenvalue weighted by molar-refractivity contribution is -0.138. The molecule has 0 unspecified atom stereocenters. The molecule has 1 aromatic rings. The summed E-state index contributed by atoms with van der Waals surface area (Å²) < 4.78 is 0. The van der Waals surface area contributed by atoms with E-state index in [-0.39, 0.29) is 18.4 Å². The summed E-state index contributed by atoms with van der Waals surface area (Å²) in [5.41, 5.74) is 1.04. The van der Waals surface area contributed by atoms with Crippen LogP contribution >= 0.6 is 0 Å². The van der Waals surface area contributed by atoms with E-state index >= 15 is 0 Å². The molecule has 1 N–H and O–H groups in total. The Morgan fingerprint density at radius 2 is 1.70 bits per heavy atom. The summed E-state index contributed by atoms with van der Waals surface area (Å²) in [4.78, 5) is 26.6. The molecular weight excluding hydrogens is 256 g/mol. The van der Waals surface area contributed by atoms with Gasteiger partial charge in [-0.1, -0.05) is 18.2 Å². The average molecular weight is 276 g/mol. The van der Waals surface area contributed by atoms with E-state index in [1.54, 1.807) is 0 Å². The lowest BCUT2D eigenvalue weighted by atomic mass is 10.2. The van der Waals surface area contributed by atoms with Gasteiger partial charge in [-0.25, -0.2) is 0 Å². The van der Waals surface area contributed by atoms with Crippen LogP contribution in [0.4, 0.5) is 5.69 Å². The maximum absolute atomic E-state index is 11.6. The minimum absolute atomic E-state index is 0.0785. The summed E-state index contributed by atoms with van der Waals surface area (Å²) in [6, 6.07) is 9.83. The SMILES string of the molecule is O=C1CCC(=O)N1CCN(CCCO)c1ccccc1. The molecular formula is C15H20N2O3. The molecule has 0 spiro atoms. The molecule has 0 saturated carbocycles. The van der Waals surface area contributed by atoms with E-state index in [2.05, 4.69) is 4.90 Å². The van der Waals surface area contributed by atoms with Crippen LogP contribution in [0.25, 0.3) is 0 Å². The molecule has 1 saturated heterocycles. The summed E-state index contributed by atoms with van der Waals surface area (Å²) >= 11 is 0. The summed E-state index contributed by atoms with van der Waals surface area (Å²) in [5.74, 6) is -0.157. The molecule has 108 valence electrons. The van der Waals surface area contributed by atoms with E-state index in [9.17, 15) is 9.59 Å². The Kier molecular flexibility index (Phi) is 5.12. The van der Waals surface area contributed by atoms with Crippen molar-refractivity contribution in [3.05, 3.63) is 30.3 Å². The zero-order valence-electron chi connectivity index (χ0n) is 11.5. The zero-order valence-corrected chi connectivity index (χ0v) is 11.5. The number of carbonyl (C=O) groups excluding carboxylic acids is 2. The normalized spacial score (nSPS) is 14.9. The van der Waals surface area contributed by atoms with Crippen LogP contribution in [0, 0.1) is 0 Å². The maximum atomic E-state index is 11.6. The van der Waals surface area contributed by atoms with Crippen LogP contribution in [0.1, 0.15) is 19.3 Å². The van der Waals surface area contributed by atoms with Crippen LogP contribution in [-0.4, -0.2) is 48.1 Å². The van der Waals surface area contributed by atoms with E-state index in [0.29, 0.717) is 38.9 Å². The number of imide groups is 1. The monoisotopic (exact) mass is 276 g/mol. The Hall–Kier alpha value is -1.88. The van der Waals surface area contributed by atoms with Crippen LogP contribution in [0.3, 0.4) is 0 Å². The molecule has 0 atom stereocenters. The van der Waals surface area contributed by atoms with Gasteiger partial charge in [0.2, 0.25) is 11.8 Å². The van der Waals surface area contributed by atoms with E-state index in [1.165, 1.54) is 4.90 Å². The highest BCUT2D eigenvalue weighted by Crippen LogP contribution is 2.15. The van der Waals surface area contributed by atoms with Crippen LogP contribution in [0.5, 0.6) is 0 Å². The summed E-state index contributed by atoms with van der Waals surface area (Å²) in [7, 11) is 0. The maximum Gasteiger partial charge on any atom is 0.229 e. The second-order valence-electron chi connectivity index (χ2n) is 4.84. The van der Waals surface area contributed by atoms with Crippen molar-refractivity contribution in [2.24, 2.45) is 0 Å². The van der Waals surface area contributed by atoms with Crippen molar-refractivity contribution >= 4 is 17.5 Å². The highest BCUT2D eigenvalue weighted by molar-refractivity contribution is 6.01. The second-order valence-corrected chi connectivity index (χ2v) is 4.84.